The summed E-state index contributed by atoms with van der Waals surface area (Å²) in [6, 6.07) is 15.0. The van der Waals surface area contributed by atoms with E-state index in [1.807, 2.05) is 0 Å². The van der Waals surface area contributed by atoms with Gasteiger partial charge in [-0.15, -0.1) is 0 Å². The van der Waals surface area contributed by atoms with Crippen molar-refractivity contribution in [3.63, 3.8) is 0 Å². The number of ether oxygens (including phenoxy) is 1. The fraction of sp³-hybridized carbons (Fsp3) is 0.0909. The average molecular weight is 534 g/mol. The molecule has 1 aromatic heterocycles. The van der Waals surface area contributed by atoms with Crippen molar-refractivity contribution in [2.45, 2.75) is 6.54 Å². The molecule has 3 amide bonds. The van der Waals surface area contributed by atoms with Gasteiger partial charge in [-0.2, -0.15) is 5.10 Å². The maximum Gasteiger partial charge on any atom is 0.329 e. The lowest BCUT2D eigenvalue weighted by atomic mass is 10.2. The number of carbonyl (C=O) groups is 3. The molecule has 3 aromatic rings. The minimum Gasteiger partial charge on any atom is -0.483 e. The van der Waals surface area contributed by atoms with E-state index in [9.17, 15) is 14.4 Å². The first-order valence-corrected chi connectivity index (χ1v) is 10.7. The third-order valence-electron chi connectivity index (χ3n) is 4.04. The van der Waals surface area contributed by atoms with Crippen LogP contribution >= 0.6 is 27.5 Å². The highest BCUT2D eigenvalue weighted by Crippen LogP contribution is 2.22. The van der Waals surface area contributed by atoms with Gasteiger partial charge in [0, 0.05) is 20.7 Å². The molecule has 0 atom stereocenters. The number of benzene rings is 2. The van der Waals surface area contributed by atoms with Gasteiger partial charge in [-0.05, 0) is 54.6 Å². The van der Waals surface area contributed by atoms with Gasteiger partial charge < -0.3 is 19.8 Å². The zero-order valence-electron chi connectivity index (χ0n) is 17.0. The van der Waals surface area contributed by atoms with Crippen LogP contribution in [0.1, 0.15) is 11.3 Å². The molecule has 0 spiro atoms. The number of hydrogen-bond donors (Lipinski definition) is 3. The molecule has 0 unspecified atom stereocenters. The van der Waals surface area contributed by atoms with Crippen molar-refractivity contribution in [1.29, 1.82) is 0 Å². The van der Waals surface area contributed by atoms with E-state index in [-0.39, 0.29) is 19.1 Å². The van der Waals surface area contributed by atoms with Crippen molar-refractivity contribution in [2.75, 3.05) is 11.9 Å². The number of carbonyl (C=O) groups excluding carboxylic acids is 3. The van der Waals surface area contributed by atoms with E-state index in [1.165, 1.54) is 12.5 Å². The number of rotatable bonds is 8. The number of nitrogens with zero attached hydrogens (tertiary/aromatic N) is 1. The Labute approximate surface area is 202 Å². The molecule has 2 aromatic carbocycles. The van der Waals surface area contributed by atoms with Gasteiger partial charge >= 0.3 is 11.8 Å². The number of hydrazone groups is 1. The van der Waals surface area contributed by atoms with Gasteiger partial charge in [-0.1, -0.05) is 27.5 Å². The summed E-state index contributed by atoms with van der Waals surface area (Å²) in [5, 5.41) is 9.45. The van der Waals surface area contributed by atoms with E-state index >= 15 is 0 Å². The summed E-state index contributed by atoms with van der Waals surface area (Å²) >= 11 is 9.17. The van der Waals surface area contributed by atoms with Crippen LogP contribution in [0.5, 0.6) is 5.75 Å². The maximum absolute atomic E-state index is 12.2. The molecule has 1 heterocycles. The average Bonchev–Trinajstić information content (AvgIpc) is 3.32. The summed E-state index contributed by atoms with van der Waals surface area (Å²) in [6.45, 7) is -0.183. The van der Waals surface area contributed by atoms with Crippen molar-refractivity contribution in [3.8, 4) is 5.75 Å². The van der Waals surface area contributed by atoms with E-state index in [0.717, 1.165) is 4.47 Å². The van der Waals surface area contributed by atoms with Crippen LogP contribution in [-0.4, -0.2) is 30.5 Å². The molecule has 0 aliphatic heterocycles. The molecule has 0 aliphatic rings. The molecular weight excluding hydrogens is 516 g/mol. The predicted octanol–water partition coefficient (Wildman–Crippen LogP) is 3.48. The Kier molecular flexibility index (Phi) is 8.62. The minimum atomic E-state index is -0.947. The van der Waals surface area contributed by atoms with Crippen LogP contribution in [-0.2, 0) is 20.9 Å². The van der Waals surface area contributed by atoms with Crippen LogP contribution in [0.3, 0.4) is 0 Å². The second-order valence-corrected chi connectivity index (χ2v) is 7.84. The lowest BCUT2D eigenvalue weighted by Crippen LogP contribution is -2.37. The van der Waals surface area contributed by atoms with Gasteiger partial charge in [-0.25, -0.2) is 5.43 Å². The highest BCUT2D eigenvalue weighted by Gasteiger charge is 2.13. The van der Waals surface area contributed by atoms with Crippen LogP contribution in [0, 0.1) is 0 Å². The predicted molar refractivity (Wildman–Crippen MR) is 126 cm³/mol. The Bertz CT molecular complexity index is 1150. The second-order valence-electron chi connectivity index (χ2n) is 6.49. The van der Waals surface area contributed by atoms with Crippen LogP contribution in [0.2, 0.25) is 5.02 Å². The molecule has 0 fully saturated rings. The van der Waals surface area contributed by atoms with Crippen LogP contribution in [0.25, 0.3) is 0 Å². The molecule has 0 radical (unpaired) electrons. The molecule has 0 saturated carbocycles. The number of nitrogens with one attached hydrogen (secondary N) is 3. The van der Waals surface area contributed by atoms with Crippen molar-refractivity contribution < 1.29 is 23.5 Å². The summed E-state index contributed by atoms with van der Waals surface area (Å²) in [5.74, 6) is -1.32. The topological polar surface area (TPSA) is 122 Å². The first-order valence-electron chi connectivity index (χ1n) is 9.52. The van der Waals surface area contributed by atoms with Crippen molar-refractivity contribution >= 4 is 57.2 Å². The van der Waals surface area contributed by atoms with Crippen molar-refractivity contribution in [3.05, 3.63) is 81.7 Å². The van der Waals surface area contributed by atoms with E-state index in [1.54, 1.807) is 54.6 Å². The van der Waals surface area contributed by atoms with Crippen LogP contribution in [0.15, 0.2) is 74.9 Å². The summed E-state index contributed by atoms with van der Waals surface area (Å²) in [6.07, 6.45) is 2.76. The molecule has 170 valence electrons. The van der Waals surface area contributed by atoms with E-state index in [4.69, 9.17) is 20.8 Å². The normalized spacial score (nSPS) is 10.6. The highest BCUT2D eigenvalue weighted by atomic mass is 79.9. The van der Waals surface area contributed by atoms with Crippen molar-refractivity contribution in [1.82, 2.24) is 10.7 Å². The fourth-order valence-corrected chi connectivity index (χ4v) is 3.00. The molecule has 11 heteroatoms. The molecule has 0 aliphatic carbocycles. The van der Waals surface area contributed by atoms with Crippen molar-refractivity contribution in [2.24, 2.45) is 5.10 Å². The third kappa shape index (κ3) is 7.78. The number of hydrogen-bond acceptors (Lipinski definition) is 6. The van der Waals surface area contributed by atoms with E-state index in [2.05, 4.69) is 37.1 Å². The Morgan fingerprint density at radius 3 is 2.61 bits per heavy atom. The number of anilines is 1. The summed E-state index contributed by atoms with van der Waals surface area (Å²) in [5.41, 5.74) is 3.19. The van der Waals surface area contributed by atoms with Crippen LogP contribution in [0.4, 0.5) is 5.69 Å². The summed E-state index contributed by atoms with van der Waals surface area (Å²) in [4.78, 5) is 35.9. The maximum atomic E-state index is 12.2. The standard InChI is InChI=1S/C22H18BrClN4O5/c23-15-3-8-19(33-13-20(29)27-17-6-4-16(24)5-7-17)14(10-15)11-26-28-22(31)21(30)25-12-18-2-1-9-32-18/h1-11H,12-13H2,(H,25,30)(H,27,29)(H,28,31)/b26-11-. The van der Waals surface area contributed by atoms with E-state index < -0.39 is 11.8 Å². The molecule has 9 nitrogen and oxygen atoms in total. The Morgan fingerprint density at radius 2 is 1.88 bits per heavy atom. The quantitative estimate of drug-likeness (QED) is 0.232. The largest absolute Gasteiger partial charge is 0.483 e. The van der Waals surface area contributed by atoms with Gasteiger partial charge in [0.2, 0.25) is 0 Å². The van der Waals surface area contributed by atoms with Gasteiger partial charge in [0.25, 0.3) is 5.91 Å². The van der Waals surface area contributed by atoms with Gasteiger partial charge in [-0.3, -0.25) is 14.4 Å². The number of furan rings is 1. The monoisotopic (exact) mass is 532 g/mol. The third-order valence-corrected chi connectivity index (χ3v) is 4.78. The lowest BCUT2D eigenvalue weighted by Gasteiger charge is -2.10. The van der Waals surface area contributed by atoms with Gasteiger partial charge in [0.1, 0.15) is 11.5 Å². The van der Waals surface area contributed by atoms with Gasteiger partial charge in [0.05, 0.1) is 19.0 Å². The first-order chi connectivity index (χ1) is 15.9. The zero-order chi connectivity index (χ0) is 23.6. The van der Waals surface area contributed by atoms with E-state index in [0.29, 0.717) is 27.8 Å². The second kappa shape index (κ2) is 11.8. The zero-order valence-corrected chi connectivity index (χ0v) is 19.4. The Hall–Kier alpha value is -3.63. The smallest absolute Gasteiger partial charge is 0.329 e. The molecular formula is C22H18BrClN4O5. The molecule has 3 rings (SSSR count). The highest BCUT2D eigenvalue weighted by molar-refractivity contribution is 9.10. The van der Waals surface area contributed by atoms with Gasteiger partial charge in [0.15, 0.2) is 6.61 Å². The fourth-order valence-electron chi connectivity index (χ4n) is 2.50. The lowest BCUT2D eigenvalue weighted by molar-refractivity contribution is -0.139. The first kappa shape index (κ1) is 24.0. The Balaban J connectivity index is 1.53. The molecule has 33 heavy (non-hydrogen) atoms. The summed E-state index contributed by atoms with van der Waals surface area (Å²) in [7, 11) is 0. The molecule has 0 saturated heterocycles. The van der Waals surface area contributed by atoms with Crippen LogP contribution < -0.4 is 20.8 Å². The Morgan fingerprint density at radius 1 is 1.09 bits per heavy atom. The molecule has 3 N–H and O–H groups in total. The number of halogens is 2. The minimum absolute atomic E-state index is 0.0741. The summed E-state index contributed by atoms with van der Waals surface area (Å²) < 4.78 is 11.4. The SMILES string of the molecule is O=C(COc1ccc(Br)cc1/C=N\NC(=O)C(=O)NCc1ccco1)Nc1ccc(Cl)cc1. The number of amides is 3. The molecule has 0 bridgehead atoms.